The number of piperidine rings is 1. The van der Waals surface area contributed by atoms with Gasteiger partial charge in [-0.15, -0.1) is 0 Å². The SMILES string of the molecule is O=C(O)NC1(c2cnc(SCc3cccc(Cl)n3)cn2)c2ccccc2CC12CCNCC2. The van der Waals surface area contributed by atoms with Crippen LogP contribution in [-0.4, -0.2) is 39.2 Å². The minimum Gasteiger partial charge on any atom is -0.465 e. The maximum absolute atomic E-state index is 12.1. The van der Waals surface area contributed by atoms with Crippen LogP contribution in [0.5, 0.6) is 0 Å². The summed E-state index contributed by atoms with van der Waals surface area (Å²) in [5.41, 5.74) is 2.41. The van der Waals surface area contributed by atoms with Crippen LogP contribution >= 0.6 is 23.4 Å². The summed E-state index contributed by atoms with van der Waals surface area (Å²) in [6.07, 6.45) is 4.91. The topological polar surface area (TPSA) is 100 Å². The third-order valence-electron chi connectivity index (χ3n) is 6.75. The van der Waals surface area contributed by atoms with Gasteiger partial charge in [0.15, 0.2) is 0 Å². The molecule has 7 nitrogen and oxygen atoms in total. The standard InChI is InChI=1S/C24H24ClN5O2S/c25-20-7-3-5-17(29-20)15-33-21-14-27-19(13-28-21)24(30-22(31)32)18-6-2-1-4-16(18)12-23(24)8-10-26-11-9-23/h1-7,13-14,26,30H,8-12,15H2,(H,31,32). The summed E-state index contributed by atoms with van der Waals surface area (Å²) >= 11 is 7.50. The molecule has 1 aliphatic carbocycles. The molecule has 1 amide bonds. The number of carbonyl (C=O) groups is 1. The van der Waals surface area contributed by atoms with Gasteiger partial charge in [-0.25, -0.2) is 14.8 Å². The zero-order valence-electron chi connectivity index (χ0n) is 17.9. The number of nitrogens with one attached hydrogen (secondary N) is 2. The number of rotatable bonds is 5. The molecule has 1 atom stereocenters. The van der Waals surface area contributed by atoms with Crippen LogP contribution in [0, 0.1) is 5.41 Å². The highest BCUT2D eigenvalue weighted by Crippen LogP contribution is 2.57. The molecule has 3 heterocycles. The van der Waals surface area contributed by atoms with Gasteiger partial charge in [0.25, 0.3) is 0 Å². The van der Waals surface area contributed by atoms with Gasteiger partial charge in [-0.3, -0.25) is 4.98 Å². The molecule has 1 spiro atoms. The van der Waals surface area contributed by atoms with Crippen molar-refractivity contribution in [3.8, 4) is 0 Å². The lowest BCUT2D eigenvalue weighted by Gasteiger charge is -2.48. The number of hydrogen-bond acceptors (Lipinski definition) is 6. The number of pyridine rings is 1. The third kappa shape index (κ3) is 3.96. The van der Waals surface area contributed by atoms with Gasteiger partial charge in [0.05, 0.1) is 23.8 Å². The first-order chi connectivity index (χ1) is 16.0. The molecule has 1 saturated heterocycles. The van der Waals surface area contributed by atoms with Crippen molar-refractivity contribution in [3.05, 3.63) is 82.5 Å². The Balaban J connectivity index is 1.52. The summed E-state index contributed by atoms with van der Waals surface area (Å²) in [6, 6.07) is 13.6. The number of amides is 1. The third-order valence-corrected chi connectivity index (χ3v) is 7.91. The fourth-order valence-corrected chi connectivity index (χ4v) is 6.27. The lowest BCUT2D eigenvalue weighted by molar-refractivity contribution is 0.0820. The Morgan fingerprint density at radius 2 is 1.94 bits per heavy atom. The highest BCUT2D eigenvalue weighted by molar-refractivity contribution is 7.98. The molecular formula is C24H24ClN5O2S. The molecule has 170 valence electrons. The monoisotopic (exact) mass is 481 g/mol. The molecule has 0 radical (unpaired) electrons. The largest absolute Gasteiger partial charge is 0.465 e. The highest BCUT2D eigenvalue weighted by Gasteiger charge is 2.60. The fourth-order valence-electron chi connectivity index (χ4n) is 5.38. The average Bonchev–Trinajstić information content (AvgIpc) is 3.07. The second kappa shape index (κ2) is 8.93. The van der Waals surface area contributed by atoms with E-state index < -0.39 is 11.6 Å². The van der Waals surface area contributed by atoms with E-state index in [1.807, 2.05) is 30.3 Å². The second-order valence-electron chi connectivity index (χ2n) is 8.52. The summed E-state index contributed by atoms with van der Waals surface area (Å²) < 4.78 is 0. The van der Waals surface area contributed by atoms with Crippen molar-refractivity contribution in [2.75, 3.05) is 13.1 Å². The van der Waals surface area contributed by atoms with E-state index in [4.69, 9.17) is 16.6 Å². The number of hydrogen-bond donors (Lipinski definition) is 3. The van der Waals surface area contributed by atoms with E-state index in [0.717, 1.165) is 48.6 Å². The fraction of sp³-hybridized carbons (Fsp3) is 0.333. The van der Waals surface area contributed by atoms with E-state index in [1.165, 1.54) is 17.3 Å². The van der Waals surface area contributed by atoms with E-state index in [9.17, 15) is 9.90 Å². The van der Waals surface area contributed by atoms with E-state index in [-0.39, 0.29) is 5.41 Å². The van der Waals surface area contributed by atoms with Crippen molar-refractivity contribution < 1.29 is 9.90 Å². The van der Waals surface area contributed by atoms with Crippen molar-refractivity contribution in [3.63, 3.8) is 0 Å². The molecular weight excluding hydrogens is 458 g/mol. The van der Waals surface area contributed by atoms with Crippen LogP contribution < -0.4 is 10.6 Å². The van der Waals surface area contributed by atoms with Crippen LogP contribution in [0.4, 0.5) is 4.79 Å². The van der Waals surface area contributed by atoms with Gasteiger partial charge in [0.1, 0.15) is 15.7 Å². The Hall–Kier alpha value is -2.68. The number of aromatic nitrogens is 3. The molecule has 2 aromatic heterocycles. The van der Waals surface area contributed by atoms with E-state index in [0.29, 0.717) is 16.6 Å². The van der Waals surface area contributed by atoms with Crippen LogP contribution in [-0.2, 0) is 17.7 Å². The molecule has 0 bridgehead atoms. The number of thioether (sulfide) groups is 1. The Morgan fingerprint density at radius 3 is 2.67 bits per heavy atom. The maximum Gasteiger partial charge on any atom is 0.405 e. The first-order valence-corrected chi connectivity index (χ1v) is 12.3. The van der Waals surface area contributed by atoms with Crippen molar-refractivity contribution in [2.24, 2.45) is 5.41 Å². The minimum atomic E-state index is -1.06. The summed E-state index contributed by atoms with van der Waals surface area (Å²) in [6.45, 7) is 1.68. The lowest BCUT2D eigenvalue weighted by Crippen LogP contribution is -2.59. The van der Waals surface area contributed by atoms with Gasteiger partial charge in [-0.2, -0.15) is 0 Å². The van der Waals surface area contributed by atoms with Gasteiger partial charge in [-0.05, 0) is 55.6 Å². The number of halogens is 1. The molecule has 2 aliphatic rings. The summed E-state index contributed by atoms with van der Waals surface area (Å²) in [7, 11) is 0. The summed E-state index contributed by atoms with van der Waals surface area (Å²) in [5.74, 6) is 0.617. The predicted octanol–water partition coefficient (Wildman–Crippen LogP) is 4.25. The van der Waals surface area contributed by atoms with Gasteiger partial charge < -0.3 is 15.7 Å². The van der Waals surface area contributed by atoms with E-state index in [2.05, 4.69) is 26.7 Å². The van der Waals surface area contributed by atoms with E-state index in [1.54, 1.807) is 18.5 Å². The van der Waals surface area contributed by atoms with Crippen molar-refractivity contribution in [1.29, 1.82) is 0 Å². The Labute approximate surface area is 201 Å². The number of benzene rings is 1. The first kappa shape index (κ1) is 22.1. The number of carboxylic acid groups (broad SMARTS) is 1. The Bertz CT molecular complexity index is 1170. The first-order valence-electron chi connectivity index (χ1n) is 10.9. The van der Waals surface area contributed by atoms with Gasteiger partial charge in [-0.1, -0.05) is 53.7 Å². The summed E-state index contributed by atoms with van der Waals surface area (Å²) in [4.78, 5) is 25.9. The quantitative estimate of drug-likeness (QED) is 0.370. The molecule has 3 N–H and O–H groups in total. The smallest absolute Gasteiger partial charge is 0.405 e. The molecule has 5 rings (SSSR count). The molecule has 1 aliphatic heterocycles. The zero-order valence-corrected chi connectivity index (χ0v) is 19.5. The lowest BCUT2D eigenvalue weighted by atomic mass is 9.63. The van der Waals surface area contributed by atoms with E-state index >= 15 is 0 Å². The maximum atomic E-state index is 12.1. The minimum absolute atomic E-state index is 0.297. The van der Waals surface area contributed by atoms with Crippen LogP contribution in [0.15, 0.2) is 59.9 Å². The van der Waals surface area contributed by atoms with Crippen LogP contribution in [0.25, 0.3) is 0 Å². The molecule has 0 saturated carbocycles. The van der Waals surface area contributed by atoms with Gasteiger partial charge in [0.2, 0.25) is 0 Å². The predicted molar refractivity (Wildman–Crippen MR) is 127 cm³/mol. The highest BCUT2D eigenvalue weighted by atomic mass is 35.5. The molecule has 33 heavy (non-hydrogen) atoms. The van der Waals surface area contributed by atoms with Crippen LogP contribution in [0.3, 0.4) is 0 Å². The summed E-state index contributed by atoms with van der Waals surface area (Å²) in [5, 5.41) is 17.5. The van der Waals surface area contributed by atoms with Crippen molar-refractivity contribution >= 4 is 29.5 Å². The Kier molecular flexibility index (Phi) is 5.99. The normalized spacial score (nSPS) is 21.0. The molecule has 1 aromatic carbocycles. The van der Waals surface area contributed by atoms with Gasteiger partial charge in [0, 0.05) is 11.2 Å². The number of fused-ring (bicyclic) bond motifs is 1. The average molecular weight is 482 g/mol. The Morgan fingerprint density at radius 1 is 1.12 bits per heavy atom. The van der Waals surface area contributed by atoms with Gasteiger partial charge >= 0.3 is 6.09 Å². The molecule has 9 heteroatoms. The second-order valence-corrected chi connectivity index (χ2v) is 9.91. The van der Waals surface area contributed by atoms with Crippen LogP contribution in [0.2, 0.25) is 5.15 Å². The molecule has 1 fully saturated rings. The molecule has 1 unspecified atom stereocenters. The van der Waals surface area contributed by atoms with Crippen molar-refractivity contribution in [1.82, 2.24) is 25.6 Å². The number of nitrogens with zero attached hydrogens (tertiary/aromatic N) is 3. The van der Waals surface area contributed by atoms with Crippen molar-refractivity contribution in [2.45, 2.75) is 35.6 Å². The zero-order chi connectivity index (χ0) is 22.9. The molecule has 3 aromatic rings. The van der Waals surface area contributed by atoms with Crippen LogP contribution in [0.1, 0.15) is 35.4 Å².